The summed E-state index contributed by atoms with van der Waals surface area (Å²) >= 11 is 0. The molecule has 0 aliphatic rings. The van der Waals surface area contributed by atoms with Crippen molar-refractivity contribution < 1.29 is 13.6 Å². The lowest BCUT2D eigenvalue weighted by Gasteiger charge is -2.09. The van der Waals surface area contributed by atoms with Crippen molar-refractivity contribution in [1.29, 1.82) is 0 Å². The van der Waals surface area contributed by atoms with Crippen molar-refractivity contribution in [3.05, 3.63) is 59.4 Å². The first-order chi connectivity index (χ1) is 14.9. The lowest BCUT2D eigenvalue weighted by atomic mass is 10.1. The van der Waals surface area contributed by atoms with Crippen LogP contribution in [0.25, 0.3) is 22.3 Å². The predicted octanol–water partition coefficient (Wildman–Crippen LogP) is 4.51. The number of anilines is 1. The number of rotatable bonds is 6. The first kappa shape index (κ1) is 20.6. The van der Waals surface area contributed by atoms with Crippen LogP contribution in [0.5, 0.6) is 0 Å². The molecule has 0 spiro atoms. The molecule has 31 heavy (non-hydrogen) atoms. The summed E-state index contributed by atoms with van der Waals surface area (Å²) in [6.07, 6.45) is -2.70. The summed E-state index contributed by atoms with van der Waals surface area (Å²) < 4.78 is 30.8. The highest BCUT2D eigenvalue weighted by atomic mass is 19.3. The van der Waals surface area contributed by atoms with Crippen molar-refractivity contribution in [2.45, 2.75) is 40.3 Å². The zero-order chi connectivity index (χ0) is 22.1. The molecule has 4 rings (SSSR count). The molecule has 0 saturated heterocycles. The fourth-order valence-electron chi connectivity index (χ4n) is 3.64. The van der Waals surface area contributed by atoms with E-state index >= 15 is 0 Å². The third-order valence-corrected chi connectivity index (χ3v) is 5.05. The molecule has 3 aromatic heterocycles. The molecule has 1 N–H and O–H groups in total. The second-order valence-electron chi connectivity index (χ2n) is 7.24. The zero-order valence-corrected chi connectivity index (χ0v) is 17.4. The average molecular weight is 424 g/mol. The summed E-state index contributed by atoms with van der Waals surface area (Å²) in [6, 6.07) is 12.2. The molecule has 0 unspecified atom stereocenters. The van der Waals surface area contributed by atoms with Gasteiger partial charge in [0.15, 0.2) is 11.5 Å². The fourth-order valence-corrected chi connectivity index (χ4v) is 3.64. The maximum Gasteiger partial charge on any atom is 0.264 e. The van der Waals surface area contributed by atoms with Gasteiger partial charge < -0.3 is 5.32 Å². The number of benzene rings is 1. The molecule has 9 heteroatoms. The lowest BCUT2D eigenvalue weighted by molar-refractivity contribution is -0.116. The van der Waals surface area contributed by atoms with Crippen molar-refractivity contribution in [2.75, 3.05) is 5.32 Å². The SMILES string of the molecule is CCn1nc(NC(=O)Cn2nc(C)c3c(C(F)F)cc(-c4ccccc4)nc32)cc1C. The van der Waals surface area contributed by atoms with Crippen LogP contribution in [-0.4, -0.2) is 30.5 Å². The third-order valence-electron chi connectivity index (χ3n) is 5.05. The highest BCUT2D eigenvalue weighted by Crippen LogP contribution is 2.33. The molecule has 0 saturated carbocycles. The monoisotopic (exact) mass is 424 g/mol. The lowest BCUT2D eigenvalue weighted by Crippen LogP contribution is -2.20. The van der Waals surface area contributed by atoms with E-state index in [1.807, 2.05) is 32.0 Å². The first-order valence-corrected chi connectivity index (χ1v) is 9.93. The maximum atomic E-state index is 13.9. The Hall–Kier alpha value is -3.62. The Morgan fingerprint density at radius 1 is 1.10 bits per heavy atom. The van der Waals surface area contributed by atoms with Gasteiger partial charge in [0.05, 0.1) is 16.8 Å². The van der Waals surface area contributed by atoms with E-state index in [2.05, 4.69) is 20.5 Å². The number of alkyl halides is 2. The zero-order valence-electron chi connectivity index (χ0n) is 17.4. The van der Waals surface area contributed by atoms with Gasteiger partial charge in [-0.3, -0.25) is 9.48 Å². The maximum absolute atomic E-state index is 13.9. The number of nitrogens with zero attached hydrogens (tertiary/aromatic N) is 5. The number of aryl methyl sites for hydroxylation is 3. The number of aromatic nitrogens is 5. The molecule has 3 heterocycles. The van der Waals surface area contributed by atoms with Gasteiger partial charge in [-0.2, -0.15) is 10.2 Å². The summed E-state index contributed by atoms with van der Waals surface area (Å²) in [6.45, 7) is 6.01. The van der Waals surface area contributed by atoms with E-state index in [0.717, 1.165) is 5.69 Å². The number of fused-ring (bicyclic) bond motifs is 1. The van der Waals surface area contributed by atoms with E-state index in [1.54, 1.807) is 29.8 Å². The van der Waals surface area contributed by atoms with Gasteiger partial charge in [0.25, 0.3) is 6.43 Å². The van der Waals surface area contributed by atoms with Crippen molar-refractivity contribution in [3.8, 4) is 11.3 Å². The summed E-state index contributed by atoms with van der Waals surface area (Å²) in [5.74, 6) is 0.0689. The molecule has 4 aromatic rings. The van der Waals surface area contributed by atoms with Crippen LogP contribution in [0.2, 0.25) is 0 Å². The number of nitrogens with one attached hydrogen (secondary N) is 1. The topological polar surface area (TPSA) is 77.6 Å². The van der Waals surface area contributed by atoms with E-state index in [0.29, 0.717) is 29.3 Å². The molecule has 160 valence electrons. The third kappa shape index (κ3) is 4.03. The summed E-state index contributed by atoms with van der Waals surface area (Å²) in [5, 5.41) is 11.6. The van der Waals surface area contributed by atoms with E-state index < -0.39 is 6.43 Å². The number of carbonyl (C=O) groups excluding carboxylic acids is 1. The molecule has 7 nitrogen and oxygen atoms in total. The molecule has 0 radical (unpaired) electrons. The minimum absolute atomic E-state index is 0.148. The van der Waals surface area contributed by atoms with Crippen LogP contribution in [0.4, 0.5) is 14.6 Å². The number of pyridine rings is 1. The van der Waals surface area contributed by atoms with Gasteiger partial charge in [-0.15, -0.1) is 0 Å². The van der Waals surface area contributed by atoms with Gasteiger partial charge in [-0.05, 0) is 26.8 Å². The smallest absolute Gasteiger partial charge is 0.264 e. The highest BCUT2D eigenvalue weighted by Gasteiger charge is 2.22. The molecule has 1 amide bonds. The number of halogens is 2. The van der Waals surface area contributed by atoms with E-state index in [-0.39, 0.29) is 29.0 Å². The van der Waals surface area contributed by atoms with Crippen molar-refractivity contribution in [3.63, 3.8) is 0 Å². The first-order valence-electron chi connectivity index (χ1n) is 9.93. The Kier molecular flexibility index (Phi) is 5.50. The molecule has 1 aromatic carbocycles. The van der Waals surface area contributed by atoms with Gasteiger partial charge in [-0.1, -0.05) is 30.3 Å². The van der Waals surface area contributed by atoms with Gasteiger partial charge in [-0.25, -0.2) is 18.4 Å². The Morgan fingerprint density at radius 2 is 1.84 bits per heavy atom. The Bertz CT molecular complexity index is 1250. The highest BCUT2D eigenvalue weighted by molar-refractivity contribution is 5.91. The van der Waals surface area contributed by atoms with Gasteiger partial charge in [0, 0.05) is 29.4 Å². The molecular formula is C22H22F2N6O. The second kappa shape index (κ2) is 8.25. The fraction of sp³-hybridized carbons (Fsp3) is 0.273. The number of carbonyl (C=O) groups is 1. The van der Waals surface area contributed by atoms with Gasteiger partial charge >= 0.3 is 0 Å². The van der Waals surface area contributed by atoms with Gasteiger partial charge in [0.2, 0.25) is 5.91 Å². The number of amides is 1. The van der Waals surface area contributed by atoms with E-state index in [9.17, 15) is 13.6 Å². The van der Waals surface area contributed by atoms with Crippen LogP contribution in [0.3, 0.4) is 0 Å². The summed E-state index contributed by atoms with van der Waals surface area (Å²) in [4.78, 5) is 17.2. The second-order valence-corrected chi connectivity index (χ2v) is 7.24. The van der Waals surface area contributed by atoms with Crippen LogP contribution in [-0.2, 0) is 17.9 Å². The molecule has 0 fully saturated rings. The Morgan fingerprint density at radius 3 is 2.48 bits per heavy atom. The average Bonchev–Trinajstić information content (AvgIpc) is 3.26. The van der Waals surface area contributed by atoms with Crippen LogP contribution in [0.1, 0.15) is 30.3 Å². The van der Waals surface area contributed by atoms with Crippen LogP contribution in [0.15, 0.2) is 42.5 Å². The Balaban J connectivity index is 1.72. The van der Waals surface area contributed by atoms with Crippen molar-refractivity contribution in [1.82, 2.24) is 24.5 Å². The molecule has 0 aliphatic heterocycles. The minimum Gasteiger partial charge on any atom is -0.308 e. The Labute approximate surface area is 177 Å². The predicted molar refractivity (Wildman–Crippen MR) is 114 cm³/mol. The van der Waals surface area contributed by atoms with Crippen LogP contribution < -0.4 is 5.32 Å². The minimum atomic E-state index is -2.70. The standard InChI is InChI=1S/C22H22F2N6O/c1-4-29-13(2)10-18(28-29)26-19(31)12-30-22-20(14(3)27-30)16(21(23)24)11-17(25-22)15-8-6-5-7-9-15/h5-11,21H,4,12H2,1-3H3,(H,26,28,31). The van der Waals surface area contributed by atoms with Gasteiger partial charge in [0.1, 0.15) is 6.54 Å². The van der Waals surface area contributed by atoms with Crippen LogP contribution >= 0.6 is 0 Å². The molecule has 0 atom stereocenters. The summed E-state index contributed by atoms with van der Waals surface area (Å²) in [5.41, 5.74) is 2.54. The summed E-state index contributed by atoms with van der Waals surface area (Å²) in [7, 11) is 0. The molecule has 0 aliphatic carbocycles. The largest absolute Gasteiger partial charge is 0.308 e. The number of hydrogen-bond acceptors (Lipinski definition) is 4. The van der Waals surface area contributed by atoms with Crippen molar-refractivity contribution in [2.24, 2.45) is 0 Å². The van der Waals surface area contributed by atoms with Crippen molar-refractivity contribution >= 4 is 22.8 Å². The number of hydrogen-bond donors (Lipinski definition) is 1. The molecule has 0 bridgehead atoms. The normalized spacial score (nSPS) is 11.4. The quantitative estimate of drug-likeness (QED) is 0.494. The van der Waals surface area contributed by atoms with E-state index in [4.69, 9.17) is 0 Å². The van der Waals surface area contributed by atoms with Crippen LogP contribution in [0, 0.1) is 13.8 Å². The molecular weight excluding hydrogens is 402 g/mol. The van der Waals surface area contributed by atoms with E-state index in [1.165, 1.54) is 10.7 Å².